The van der Waals surface area contributed by atoms with E-state index in [1.807, 2.05) is 0 Å². The first-order valence-electron chi connectivity index (χ1n) is 6.22. The molecule has 2 atom stereocenters. The van der Waals surface area contributed by atoms with Crippen molar-refractivity contribution in [2.45, 2.75) is 43.9 Å². The van der Waals surface area contributed by atoms with E-state index in [-0.39, 0.29) is 23.9 Å². The number of aliphatic hydroxyl groups is 1. The highest BCUT2D eigenvalue weighted by molar-refractivity contribution is 5.50. The summed E-state index contributed by atoms with van der Waals surface area (Å²) >= 11 is 0. The summed E-state index contributed by atoms with van der Waals surface area (Å²) in [5.41, 5.74) is 0.0746. The molecule has 2 fully saturated rings. The molecule has 2 unspecified atom stereocenters. The van der Waals surface area contributed by atoms with Gasteiger partial charge in [-0.2, -0.15) is 0 Å². The maximum atomic E-state index is 10.8. The quantitative estimate of drug-likeness (QED) is 0.634. The van der Waals surface area contributed by atoms with Gasteiger partial charge in [-0.25, -0.2) is 4.98 Å². The van der Waals surface area contributed by atoms with Crippen LogP contribution in [0.3, 0.4) is 0 Å². The van der Waals surface area contributed by atoms with Crippen LogP contribution in [0.25, 0.3) is 0 Å². The second kappa shape index (κ2) is 4.20. The summed E-state index contributed by atoms with van der Waals surface area (Å²) in [4.78, 5) is 16.8. The van der Waals surface area contributed by atoms with Gasteiger partial charge in [0.25, 0.3) is 5.69 Å². The number of hydrogen-bond acceptors (Lipinski definition) is 5. The molecule has 2 aliphatic heterocycles. The Bertz CT molecular complexity index is 465. The topological polar surface area (TPSA) is 79.5 Å². The maximum absolute atomic E-state index is 10.8. The summed E-state index contributed by atoms with van der Waals surface area (Å²) in [5.74, 6) is 0.670. The Morgan fingerprint density at radius 2 is 2.06 bits per heavy atom. The number of fused-ring (bicyclic) bond motifs is 2. The van der Waals surface area contributed by atoms with Crippen LogP contribution in [0.5, 0.6) is 0 Å². The molecule has 0 saturated carbocycles. The van der Waals surface area contributed by atoms with E-state index >= 15 is 0 Å². The van der Waals surface area contributed by atoms with Crippen molar-refractivity contribution >= 4 is 11.5 Å². The second-order valence-electron chi connectivity index (χ2n) is 5.05. The Hall–Kier alpha value is -1.69. The smallest absolute Gasteiger partial charge is 0.274 e. The lowest BCUT2D eigenvalue weighted by Crippen LogP contribution is -2.45. The Balaban J connectivity index is 1.91. The number of aliphatic hydroxyl groups excluding tert-OH is 1. The molecule has 3 heterocycles. The van der Waals surface area contributed by atoms with Crippen molar-refractivity contribution in [1.29, 1.82) is 0 Å². The number of nitrogens with zero attached hydrogens (tertiary/aromatic N) is 3. The van der Waals surface area contributed by atoms with Crippen molar-refractivity contribution in [1.82, 2.24) is 4.98 Å². The summed E-state index contributed by atoms with van der Waals surface area (Å²) in [6.45, 7) is 0. The minimum atomic E-state index is -0.397. The third-order valence-corrected chi connectivity index (χ3v) is 3.91. The number of hydrogen-bond donors (Lipinski definition) is 1. The third kappa shape index (κ3) is 1.82. The molecule has 2 bridgehead atoms. The molecule has 0 aromatic carbocycles. The average molecular weight is 249 g/mol. The van der Waals surface area contributed by atoms with E-state index < -0.39 is 4.92 Å². The van der Waals surface area contributed by atoms with E-state index in [9.17, 15) is 15.2 Å². The van der Waals surface area contributed by atoms with E-state index in [1.165, 1.54) is 18.3 Å². The van der Waals surface area contributed by atoms with Gasteiger partial charge in [-0.15, -0.1) is 0 Å². The van der Waals surface area contributed by atoms with Gasteiger partial charge in [0, 0.05) is 24.3 Å². The lowest BCUT2D eigenvalue weighted by molar-refractivity contribution is -0.384. The highest BCUT2D eigenvalue weighted by Crippen LogP contribution is 2.39. The number of pyridine rings is 1. The lowest BCUT2D eigenvalue weighted by atomic mass is 10.00. The monoisotopic (exact) mass is 249 g/mol. The van der Waals surface area contributed by atoms with E-state index in [1.54, 1.807) is 0 Å². The summed E-state index contributed by atoms with van der Waals surface area (Å²) < 4.78 is 0. The molecule has 6 heteroatoms. The molecule has 1 aromatic heterocycles. The van der Waals surface area contributed by atoms with Gasteiger partial charge in [0.15, 0.2) is 0 Å². The first-order valence-corrected chi connectivity index (χ1v) is 6.22. The van der Waals surface area contributed by atoms with Gasteiger partial charge >= 0.3 is 0 Å². The van der Waals surface area contributed by atoms with E-state index in [2.05, 4.69) is 9.88 Å². The SMILES string of the molecule is O=[N+]([O-])c1ccnc(N2C3CCC2CC(O)C3)c1. The largest absolute Gasteiger partial charge is 0.393 e. The predicted molar refractivity (Wildman–Crippen MR) is 65.4 cm³/mol. The summed E-state index contributed by atoms with van der Waals surface area (Å²) in [5, 5.41) is 20.5. The molecule has 0 radical (unpaired) electrons. The van der Waals surface area contributed by atoms with Gasteiger partial charge in [-0.1, -0.05) is 0 Å². The first kappa shape index (κ1) is 11.4. The fraction of sp³-hybridized carbons (Fsp3) is 0.583. The van der Waals surface area contributed by atoms with Gasteiger partial charge in [-0.05, 0) is 25.7 Å². The van der Waals surface area contributed by atoms with Crippen molar-refractivity contribution in [3.05, 3.63) is 28.4 Å². The van der Waals surface area contributed by atoms with Crippen LogP contribution in [0.2, 0.25) is 0 Å². The zero-order valence-electron chi connectivity index (χ0n) is 9.90. The lowest BCUT2D eigenvalue weighted by Gasteiger charge is -2.37. The highest BCUT2D eigenvalue weighted by atomic mass is 16.6. The van der Waals surface area contributed by atoms with E-state index in [0.717, 1.165) is 25.7 Å². The number of anilines is 1. The predicted octanol–water partition coefficient (Wildman–Crippen LogP) is 1.48. The van der Waals surface area contributed by atoms with Crippen LogP contribution >= 0.6 is 0 Å². The number of nitro groups is 1. The van der Waals surface area contributed by atoms with Crippen LogP contribution < -0.4 is 4.90 Å². The molecule has 6 nitrogen and oxygen atoms in total. The van der Waals surface area contributed by atoms with Crippen molar-refractivity contribution in [3.63, 3.8) is 0 Å². The van der Waals surface area contributed by atoms with Crippen LogP contribution in [0.15, 0.2) is 18.3 Å². The zero-order chi connectivity index (χ0) is 12.7. The minimum absolute atomic E-state index is 0.0746. The van der Waals surface area contributed by atoms with Crippen molar-refractivity contribution in [2.24, 2.45) is 0 Å². The van der Waals surface area contributed by atoms with Gasteiger partial charge in [0.1, 0.15) is 5.82 Å². The van der Waals surface area contributed by atoms with Gasteiger partial charge in [0.05, 0.1) is 17.1 Å². The van der Waals surface area contributed by atoms with Gasteiger partial charge in [-0.3, -0.25) is 10.1 Å². The molecular formula is C12H15N3O3. The summed E-state index contributed by atoms with van der Waals surface area (Å²) in [7, 11) is 0. The fourth-order valence-electron chi connectivity index (χ4n) is 3.18. The number of rotatable bonds is 2. The highest BCUT2D eigenvalue weighted by Gasteiger charge is 2.41. The molecule has 1 aromatic rings. The van der Waals surface area contributed by atoms with Crippen molar-refractivity contribution < 1.29 is 10.0 Å². The van der Waals surface area contributed by atoms with E-state index in [0.29, 0.717) is 5.82 Å². The number of piperidine rings is 1. The molecule has 0 amide bonds. The second-order valence-corrected chi connectivity index (χ2v) is 5.05. The Morgan fingerprint density at radius 1 is 1.39 bits per heavy atom. The van der Waals surface area contributed by atoms with Crippen LogP contribution in [0.1, 0.15) is 25.7 Å². The molecular weight excluding hydrogens is 234 g/mol. The summed E-state index contributed by atoms with van der Waals surface area (Å²) in [6, 6.07) is 3.48. The van der Waals surface area contributed by atoms with Gasteiger partial charge in [0.2, 0.25) is 0 Å². The fourth-order valence-corrected chi connectivity index (χ4v) is 3.18. The van der Waals surface area contributed by atoms with Crippen LogP contribution in [0, 0.1) is 10.1 Å². The van der Waals surface area contributed by atoms with E-state index in [4.69, 9.17) is 0 Å². The normalized spacial score (nSPS) is 30.5. The zero-order valence-corrected chi connectivity index (χ0v) is 9.90. The molecule has 0 spiro atoms. The Labute approximate surface area is 104 Å². The standard InChI is InChI=1S/C12H15N3O3/c16-11-5-8-1-2-9(6-11)14(8)12-7-10(15(17)18)3-4-13-12/h3-4,7-9,11,16H,1-2,5-6H2. The van der Waals surface area contributed by atoms with Crippen molar-refractivity contribution in [3.8, 4) is 0 Å². The Morgan fingerprint density at radius 3 is 2.67 bits per heavy atom. The minimum Gasteiger partial charge on any atom is -0.393 e. The Kier molecular flexibility index (Phi) is 2.66. The molecule has 2 saturated heterocycles. The third-order valence-electron chi connectivity index (χ3n) is 3.91. The molecule has 96 valence electrons. The molecule has 0 aliphatic carbocycles. The summed E-state index contributed by atoms with van der Waals surface area (Å²) in [6.07, 6.45) is 4.79. The molecule has 18 heavy (non-hydrogen) atoms. The van der Waals surface area contributed by atoms with Crippen molar-refractivity contribution in [2.75, 3.05) is 4.90 Å². The first-order chi connectivity index (χ1) is 8.65. The molecule has 2 aliphatic rings. The molecule has 3 rings (SSSR count). The van der Waals surface area contributed by atoms with Crippen LogP contribution in [-0.4, -0.2) is 33.2 Å². The maximum Gasteiger partial charge on any atom is 0.274 e. The average Bonchev–Trinajstić information content (AvgIpc) is 2.62. The molecule has 1 N–H and O–H groups in total. The number of aromatic nitrogens is 1. The van der Waals surface area contributed by atoms with Crippen LogP contribution in [0.4, 0.5) is 11.5 Å². The van der Waals surface area contributed by atoms with Crippen LogP contribution in [-0.2, 0) is 0 Å². The van der Waals surface area contributed by atoms with Gasteiger partial charge < -0.3 is 10.0 Å².